The van der Waals surface area contributed by atoms with Crippen molar-refractivity contribution in [3.05, 3.63) is 0 Å². The van der Waals surface area contributed by atoms with Crippen LogP contribution in [0.5, 0.6) is 0 Å². The molecule has 3 nitrogen and oxygen atoms in total. The number of carbonyl (C=O) groups excluding carboxylic acids is 1. The first-order valence-electron chi connectivity index (χ1n) is 4.02. The molecule has 0 atom stereocenters. The third kappa shape index (κ3) is 2.83. The van der Waals surface area contributed by atoms with Crippen LogP contribution in [0.15, 0.2) is 0 Å². The molecule has 0 spiro atoms. The van der Waals surface area contributed by atoms with Crippen molar-refractivity contribution in [2.75, 3.05) is 0 Å². The number of hydrogen-bond donors (Lipinski definition) is 1. The summed E-state index contributed by atoms with van der Waals surface area (Å²) in [6.07, 6.45) is 6.21. The molecular weight excluding hydrogens is 154 g/mol. The fourth-order valence-electron chi connectivity index (χ4n) is 1.08. The van der Waals surface area contributed by atoms with Gasteiger partial charge in [-0.3, -0.25) is 0 Å². The van der Waals surface area contributed by atoms with Gasteiger partial charge in [0.2, 0.25) is 0 Å². The molecule has 0 radical (unpaired) electrons. The van der Waals surface area contributed by atoms with Gasteiger partial charge in [0.05, 0.1) is 0 Å². The van der Waals surface area contributed by atoms with Crippen LogP contribution >= 0.6 is 0 Å². The van der Waals surface area contributed by atoms with E-state index in [0.29, 0.717) is 19.3 Å². The molecule has 0 unspecified atom stereocenters. The van der Waals surface area contributed by atoms with Gasteiger partial charge < -0.3 is 10.5 Å². The number of carbonyl (C=O) groups is 1. The Kier molecular flexibility index (Phi) is 4.20. The van der Waals surface area contributed by atoms with Crippen LogP contribution in [0.1, 0.15) is 33.1 Å². The summed E-state index contributed by atoms with van der Waals surface area (Å²) in [7, 11) is 0. The number of amides is 1. The maximum absolute atomic E-state index is 10.5. The summed E-state index contributed by atoms with van der Waals surface area (Å²) in [6.45, 7) is 3.84. The van der Waals surface area contributed by atoms with E-state index < -0.39 is 11.7 Å². The summed E-state index contributed by atoms with van der Waals surface area (Å²) in [6, 6.07) is 0. The molecule has 0 aliphatic carbocycles. The van der Waals surface area contributed by atoms with Gasteiger partial charge in [-0.2, -0.15) is 0 Å². The smallest absolute Gasteiger partial charge is 0.405 e. The maximum Gasteiger partial charge on any atom is 0.405 e. The monoisotopic (exact) mass is 169 g/mol. The molecule has 0 saturated heterocycles. The average molecular weight is 169 g/mol. The maximum atomic E-state index is 10.5. The van der Waals surface area contributed by atoms with Gasteiger partial charge in [-0.05, 0) is 12.8 Å². The molecule has 0 heterocycles. The minimum absolute atomic E-state index is 0.420. The number of rotatable bonds is 4. The molecule has 68 valence electrons. The van der Waals surface area contributed by atoms with E-state index in [0.717, 1.165) is 0 Å². The predicted octanol–water partition coefficient (Wildman–Crippen LogP) is 1.66. The second-order valence-electron chi connectivity index (χ2n) is 2.69. The lowest BCUT2D eigenvalue weighted by Crippen LogP contribution is -2.35. The Bertz CT molecular complexity index is 189. The van der Waals surface area contributed by atoms with Gasteiger partial charge in [0.15, 0.2) is 0 Å². The molecule has 0 aromatic carbocycles. The highest BCUT2D eigenvalue weighted by molar-refractivity contribution is 5.65. The topological polar surface area (TPSA) is 52.3 Å². The molecule has 3 heteroatoms. The van der Waals surface area contributed by atoms with E-state index in [1.54, 1.807) is 0 Å². The average Bonchev–Trinajstić information content (AvgIpc) is 2.03. The largest absolute Gasteiger partial charge is 0.442 e. The molecule has 0 aromatic rings. The van der Waals surface area contributed by atoms with Gasteiger partial charge in [0, 0.05) is 6.42 Å². The van der Waals surface area contributed by atoms with Crippen molar-refractivity contribution in [1.29, 1.82) is 0 Å². The molecule has 0 rings (SSSR count). The van der Waals surface area contributed by atoms with E-state index >= 15 is 0 Å². The fraction of sp³-hybridized carbons (Fsp3) is 0.667. The zero-order valence-corrected chi connectivity index (χ0v) is 7.59. The van der Waals surface area contributed by atoms with Crippen molar-refractivity contribution in [3.63, 3.8) is 0 Å². The Labute approximate surface area is 73.3 Å². The van der Waals surface area contributed by atoms with Crippen molar-refractivity contribution in [3.8, 4) is 12.3 Å². The van der Waals surface area contributed by atoms with E-state index in [4.69, 9.17) is 16.9 Å². The number of nitrogens with two attached hydrogens (primary N) is 1. The molecular formula is C9H15NO2. The second-order valence-corrected chi connectivity index (χ2v) is 2.69. The third-order valence-corrected chi connectivity index (χ3v) is 2.03. The van der Waals surface area contributed by atoms with Gasteiger partial charge in [0.1, 0.15) is 5.60 Å². The molecule has 12 heavy (non-hydrogen) atoms. The Balaban J connectivity index is 4.36. The number of terminal acetylenes is 1. The summed E-state index contributed by atoms with van der Waals surface area (Å²) in [5, 5.41) is 0. The molecule has 2 N–H and O–H groups in total. The first kappa shape index (κ1) is 10.8. The zero-order valence-electron chi connectivity index (χ0n) is 7.59. The summed E-state index contributed by atoms with van der Waals surface area (Å²) in [4.78, 5) is 10.5. The fourth-order valence-corrected chi connectivity index (χ4v) is 1.08. The van der Waals surface area contributed by atoms with Gasteiger partial charge in [-0.1, -0.05) is 13.8 Å². The Morgan fingerprint density at radius 1 is 1.58 bits per heavy atom. The molecule has 0 aliphatic heterocycles. The highest BCUT2D eigenvalue weighted by atomic mass is 16.6. The minimum atomic E-state index is -0.756. The molecule has 0 aromatic heterocycles. The van der Waals surface area contributed by atoms with Crippen molar-refractivity contribution in [2.45, 2.75) is 38.7 Å². The SMILES string of the molecule is C#CCC(CC)(CC)OC(N)=O. The van der Waals surface area contributed by atoms with E-state index in [-0.39, 0.29) is 0 Å². The van der Waals surface area contributed by atoms with Crippen LogP contribution in [0.2, 0.25) is 0 Å². The third-order valence-electron chi connectivity index (χ3n) is 2.03. The summed E-state index contributed by atoms with van der Waals surface area (Å²) in [5.74, 6) is 2.48. The van der Waals surface area contributed by atoms with Crippen molar-refractivity contribution in [1.82, 2.24) is 0 Å². The molecule has 0 bridgehead atoms. The summed E-state index contributed by atoms with van der Waals surface area (Å²) in [5.41, 5.74) is 4.38. The Morgan fingerprint density at radius 2 is 2.08 bits per heavy atom. The number of primary amides is 1. The summed E-state index contributed by atoms with van der Waals surface area (Å²) >= 11 is 0. The van der Waals surface area contributed by atoms with E-state index in [1.165, 1.54) is 0 Å². The Hall–Kier alpha value is -1.17. The Morgan fingerprint density at radius 3 is 2.33 bits per heavy atom. The highest BCUT2D eigenvalue weighted by Crippen LogP contribution is 2.23. The second kappa shape index (κ2) is 4.66. The highest BCUT2D eigenvalue weighted by Gasteiger charge is 2.28. The number of hydrogen-bond acceptors (Lipinski definition) is 2. The standard InChI is InChI=1S/C9H15NO2/c1-4-7-9(5-2,6-3)12-8(10)11/h1H,5-7H2,2-3H3,(H2,10,11). The van der Waals surface area contributed by atoms with Gasteiger partial charge in [-0.25, -0.2) is 4.79 Å². The van der Waals surface area contributed by atoms with Gasteiger partial charge >= 0.3 is 6.09 Å². The van der Waals surface area contributed by atoms with Crippen LogP contribution in [-0.4, -0.2) is 11.7 Å². The van der Waals surface area contributed by atoms with Crippen molar-refractivity contribution < 1.29 is 9.53 Å². The van der Waals surface area contributed by atoms with Crippen LogP contribution in [0, 0.1) is 12.3 Å². The van der Waals surface area contributed by atoms with Crippen LogP contribution < -0.4 is 5.73 Å². The van der Waals surface area contributed by atoms with Gasteiger partial charge in [0.25, 0.3) is 0 Å². The molecule has 0 fully saturated rings. The van der Waals surface area contributed by atoms with Crippen LogP contribution in [0.3, 0.4) is 0 Å². The van der Waals surface area contributed by atoms with E-state index in [1.807, 2.05) is 13.8 Å². The normalized spacial score (nSPS) is 10.4. The predicted molar refractivity (Wildman–Crippen MR) is 47.4 cm³/mol. The minimum Gasteiger partial charge on any atom is -0.442 e. The summed E-state index contributed by atoms with van der Waals surface area (Å²) < 4.78 is 4.97. The lowest BCUT2D eigenvalue weighted by Gasteiger charge is -2.28. The first-order valence-corrected chi connectivity index (χ1v) is 4.02. The van der Waals surface area contributed by atoms with Crippen molar-refractivity contribution >= 4 is 6.09 Å². The molecule has 0 aliphatic rings. The molecule has 0 saturated carbocycles. The quantitative estimate of drug-likeness (QED) is 0.651. The van der Waals surface area contributed by atoms with Crippen LogP contribution in [-0.2, 0) is 4.74 Å². The lowest BCUT2D eigenvalue weighted by molar-refractivity contribution is 0.0140. The van der Waals surface area contributed by atoms with Crippen LogP contribution in [0.4, 0.5) is 4.79 Å². The number of ether oxygens (including phenoxy) is 1. The van der Waals surface area contributed by atoms with Gasteiger partial charge in [-0.15, -0.1) is 12.3 Å². The molecule has 1 amide bonds. The first-order chi connectivity index (χ1) is 5.60. The zero-order chi connectivity index (χ0) is 9.61. The van der Waals surface area contributed by atoms with Crippen LogP contribution in [0.25, 0.3) is 0 Å². The van der Waals surface area contributed by atoms with E-state index in [2.05, 4.69) is 5.92 Å². The van der Waals surface area contributed by atoms with E-state index in [9.17, 15) is 4.79 Å². The van der Waals surface area contributed by atoms with Crippen molar-refractivity contribution in [2.24, 2.45) is 5.73 Å². The lowest BCUT2D eigenvalue weighted by atomic mass is 9.93.